The van der Waals surface area contributed by atoms with Gasteiger partial charge < -0.3 is 42.7 Å². The predicted molar refractivity (Wildman–Crippen MR) is 108 cm³/mol. The molecule has 0 aliphatic carbocycles. The van der Waals surface area contributed by atoms with Crippen molar-refractivity contribution in [2.45, 2.75) is 70.3 Å². The standard InChI is InChI=1S/C18H35N5O7/c1-9(2)13(22-15(26)11(20)8-24)16(27)23-14(10(3)25)17(28)21-12(18(29)30)6-4-5-7-19/h9-14,24-25H,4-8,19-20H2,1-3H3,(H,21,28)(H,22,26)(H,23,27)(H,29,30). The molecule has 5 atom stereocenters. The van der Waals surface area contributed by atoms with Crippen LogP contribution in [-0.2, 0) is 19.2 Å². The Kier molecular flexibility index (Phi) is 12.8. The van der Waals surface area contributed by atoms with Crippen LogP contribution in [0.3, 0.4) is 0 Å². The second-order valence-corrected chi connectivity index (χ2v) is 7.43. The number of nitrogens with one attached hydrogen (secondary N) is 3. The van der Waals surface area contributed by atoms with Crippen LogP contribution in [0.5, 0.6) is 0 Å². The lowest BCUT2D eigenvalue weighted by atomic mass is 10.0. The van der Waals surface area contributed by atoms with Crippen LogP contribution in [0.4, 0.5) is 0 Å². The first-order chi connectivity index (χ1) is 14.0. The average molecular weight is 434 g/mol. The predicted octanol–water partition coefficient (Wildman–Crippen LogP) is -2.99. The SMILES string of the molecule is CC(C)C(NC(=O)C(N)CO)C(=O)NC(C(=O)NC(CCCCN)C(=O)O)C(C)O. The Bertz CT molecular complexity index is 585. The minimum Gasteiger partial charge on any atom is -0.480 e. The van der Waals surface area contributed by atoms with Gasteiger partial charge in [-0.3, -0.25) is 14.4 Å². The third-order valence-corrected chi connectivity index (χ3v) is 4.40. The molecule has 0 aromatic carbocycles. The highest BCUT2D eigenvalue weighted by atomic mass is 16.4. The molecule has 12 heteroatoms. The van der Waals surface area contributed by atoms with Crippen molar-refractivity contribution in [3.05, 3.63) is 0 Å². The molecule has 0 bridgehead atoms. The number of aliphatic hydroxyl groups excluding tert-OH is 2. The summed E-state index contributed by atoms with van der Waals surface area (Å²) in [7, 11) is 0. The van der Waals surface area contributed by atoms with Crippen molar-refractivity contribution in [2.75, 3.05) is 13.2 Å². The molecule has 10 N–H and O–H groups in total. The van der Waals surface area contributed by atoms with Gasteiger partial charge in [-0.1, -0.05) is 13.8 Å². The van der Waals surface area contributed by atoms with Gasteiger partial charge in [0.1, 0.15) is 24.2 Å². The number of carbonyl (C=O) groups excluding carboxylic acids is 3. The maximum Gasteiger partial charge on any atom is 0.326 e. The molecule has 0 heterocycles. The highest BCUT2D eigenvalue weighted by molar-refractivity contribution is 5.94. The molecule has 30 heavy (non-hydrogen) atoms. The van der Waals surface area contributed by atoms with Crippen LogP contribution >= 0.6 is 0 Å². The van der Waals surface area contributed by atoms with Gasteiger partial charge in [0.2, 0.25) is 17.7 Å². The molecule has 174 valence electrons. The molecule has 0 spiro atoms. The van der Waals surface area contributed by atoms with E-state index >= 15 is 0 Å². The van der Waals surface area contributed by atoms with E-state index in [9.17, 15) is 29.4 Å². The van der Waals surface area contributed by atoms with E-state index in [1.807, 2.05) is 0 Å². The summed E-state index contributed by atoms with van der Waals surface area (Å²) < 4.78 is 0. The van der Waals surface area contributed by atoms with Gasteiger partial charge in [0.05, 0.1) is 12.7 Å². The van der Waals surface area contributed by atoms with E-state index in [4.69, 9.17) is 16.6 Å². The smallest absolute Gasteiger partial charge is 0.326 e. The molecule has 0 fully saturated rings. The zero-order valence-electron chi connectivity index (χ0n) is 17.6. The first-order valence-corrected chi connectivity index (χ1v) is 9.84. The topological polar surface area (TPSA) is 217 Å². The van der Waals surface area contributed by atoms with Gasteiger partial charge in [-0.05, 0) is 38.6 Å². The monoisotopic (exact) mass is 433 g/mol. The molecule has 0 aliphatic rings. The number of aliphatic carboxylic acids is 1. The largest absolute Gasteiger partial charge is 0.480 e. The molecule has 12 nitrogen and oxygen atoms in total. The fourth-order valence-corrected chi connectivity index (χ4v) is 2.54. The van der Waals surface area contributed by atoms with Crippen molar-refractivity contribution in [3.8, 4) is 0 Å². The first kappa shape index (κ1) is 27.7. The molecule has 0 saturated carbocycles. The van der Waals surface area contributed by atoms with Gasteiger partial charge in [-0.2, -0.15) is 0 Å². The van der Waals surface area contributed by atoms with E-state index in [0.29, 0.717) is 19.4 Å². The van der Waals surface area contributed by atoms with Gasteiger partial charge in [-0.25, -0.2) is 4.79 Å². The van der Waals surface area contributed by atoms with E-state index < -0.39 is 66.5 Å². The van der Waals surface area contributed by atoms with Crippen molar-refractivity contribution in [1.82, 2.24) is 16.0 Å². The molecular weight excluding hydrogens is 398 g/mol. The number of hydrogen-bond donors (Lipinski definition) is 8. The third kappa shape index (κ3) is 9.48. The Labute approximate surface area is 175 Å². The highest BCUT2D eigenvalue weighted by Gasteiger charge is 2.33. The average Bonchev–Trinajstić information content (AvgIpc) is 2.67. The van der Waals surface area contributed by atoms with Crippen LogP contribution in [0.1, 0.15) is 40.0 Å². The van der Waals surface area contributed by atoms with Crippen molar-refractivity contribution >= 4 is 23.7 Å². The van der Waals surface area contributed by atoms with E-state index in [1.165, 1.54) is 6.92 Å². The first-order valence-electron chi connectivity index (χ1n) is 9.84. The fourth-order valence-electron chi connectivity index (χ4n) is 2.54. The number of carboxylic acid groups (broad SMARTS) is 1. The number of aliphatic hydroxyl groups is 2. The summed E-state index contributed by atoms with van der Waals surface area (Å²) in [6.07, 6.45) is -0.133. The summed E-state index contributed by atoms with van der Waals surface area (Å²) in [5, 5.41) is 35.2. The Balaban J connectivity index is 5.25. The third-order valence-electron chi connectivity index (χ3n) is 4.40. The molecule has 0 aromatic heterocycles. The number of unbranched alkanes of at least 4 members (excludes halogenated alkanes) is 1. The van der Waals surface area contributed by atoms with Crippen LogP contribution in [0.2, 0.25) is 0 Å². The number of nitrogens with two attached hydrogens (primary N) is 2. The lowest BCUT2D eigenvalue weighted by molar-refractivity contribution is -0.143. The summed E-state index contributed by atoms with van der Waals surface area (Å²) in [6, 6.07) is -4.97. The zero-order valence-corrected chi connectivity index (χ0v) is 17.6. The van der Waals surface area contributed by atoms with Gasteiger partial charge in [0.15, 0.2) is 0 Å². The zero-order chi connectivity index (χ0) is 23.4. The van der Waals surface area contributed by atoms with Crippen LogP contribution in [0.15, 0.2) is 0 Å². The van der Waals surface area contributed by atoms with Gasteiger partial charge in [-0.15, -0.1) is 0 Å². The molecule has 5 unspecified atom stereocenters. The maximum atomic E-state index is 12.6. The molecule has 0 rings (SSSR count). The minimum absolute atomic E-state index is 0.141. The molecule has 0 aromatic rings. The summed E-state index contributed by atoms with van der Waals surface area (Å²) in [5.74, 6) is -4.05. The minimum atomic E-state index is -1.45. The lowest BCUT2D eigenvalue weighted by Gasteiger charge is -2.28. The molecular formula is C18H35N5O7. The Morgan fingerprint density at radius 1 is 0.900 bits per heavy atom. The molecule has 3 amide bonds. The normalized spacial score (nSPS) is 16.1. The van der Waals surface area contributed by atoms with Crippen molar-refractivity contribution in [2.24, 2.45) is 17.4 Å². The van der Waals surface area contributed by atoms with Gasteiger partial charge in [0, 0.05) is 0 Å². The maximum absolute atomic E-state index is 12.6. The summed E-state index contributed by atoms with van der Waals surface area (Å²) in [5.41, 5.74) is 10.8. The number of carboxylic acids is 1. The Hall–Kier alpha value is -2.28. The van der Waals surface area contributed by atoms with Gasteiger partial charge >= 0.3 is 5.97 Å². The van der Waals surface area contributed by atoms with Crippen molar-refractivity contribution < 1.29 is 34.5 Å². The van der Waals surface area contributed by atoms with E-state index in [-0.39, 0.29) is 6.42 Å². The molecule has 0 aliphatic heterocycles. The lowest BCUT2D eigenvalue weighted by Crippen LogP contribution is -2.61. The van der Waals surface area contributed by atoms with Crippen molar-refractivity contribution in [3.63, 3.8) is 0 Å². The number of carbonyl (C=O) groups is 4. The van der Waals surface area contributed by atoms with E-state index in [1.54, 1.807) is 13.8 Å². The number of rotatable bonds is 14. The Morgan fingerprint density at radius 3 is 1.87 bits per heavy atom. The fraction of sp³-hybridized carbons (Fsp3) is 0.778. The van der Waals surface area contributed by atoms with Crippen LogP contribution in [0, 0.1) is 5.92 Å². The van der Waals surface area contributed by atoms with Crippen molar-refractivity contribution in [1.29, 1.82) is 0 Å². The Morgan fingerprint density at radius 2 is 1.43 bits per heavy atom. The van der Waals surface area contributed by atoms with E-state index in [0.717, 1.165) is 0 Å². The molecule has 0 saturated heterocycles. The van der Waals surface area contributed by atoms with Gasteiger partial charge in [0.25, 0.3) is 0 Å². The van der Waals surface area contributed by atoms with E-state index in [2.05, 4.69) is 16.0 Å². The van der Waals surface area contributed by atoms with Crippen LogP contribution < -0.4 is 27.4 Å². The number of hydrogen-bond acceptors (Lipinski definition) is 8. The molecule has 0 radical (unpaired) electrons. The van der Waals surface area contributed by atoms with Crippen LogP contribution in [0.25, 0.3) is 0 Å². The number of amides is 3. The summed E-state index contributed by atoms with van der Waals surface area (Å²) >= 11 is 0. The summed E-state index contributed by atoms with van der Waals surface area (Å²) in [6.45, 7) is 4.32. The second-order valence-electron chi connectivity index (χ2n) is 7.43. The highest BCUT2D eigenvalue weighted by Crippen LogP contribution is 2.06. The quantitative estimate of drug-likeness (QED) is 0.131. The summed E-state index contributed by atoms with van der Waals surface area (Å²) in [4.78, 5) is 48.4. The second kappa shape index (κ2) is 13.9. The van der Waals surface area contributed by atoms with Crippen LogP contribution in [-0.4, -0.2) is 82.4 Å².